The van der Waals surface area contributed by atoms with Gasteiger partial charge in [0.2, 0.25) is 0 Å². The molecule has 1 aromatic carbocycles. The van der Waals surface area contributed by atoms with Crippen LogP contribution in [0.5, 0.6) is 5.75 Å². The van der Waals surface area contributed by atoms with E-state index >= 15 is 0 Å². The van der Waals surface area contributed by atoms with Crippen molar-refractivity contribution in [3.8, 4) is 5.75 Å². The molecule has 0 aromatic heterocycles. The molecule has 0 saturated heterocycles. The van der Waals surface area contributed by atoms with E-state index in [-0.39, 0.29) is 5.75 Å². The molecule has 0 heterocycles. The number of alkyl halides is 1. The summed E-state index contributed by atoms with van der Waals surface area (Å²) < 4.78 is 18.0. The SMILES string of the molecule is Fc1cc(Cl)ccc1OCCBr. The molecule has 0 unspecified atom stereocenters. The Balaban J connectivity index is 2.72. The highest BCUT2D eigenvalue weighted by Gasteiger charge is 2.02. The van der Waals surface area contributed by atoms with E-state index in [1.54, 1.807) is 6.07 Å². The van der Waals surface area contributed by atoms with E-state index < -0.39 is 5.82 Å². The summed E-state index contributed by atoms with van der Waals surface area (Å²) in [6.07, 6.45) is 0. The molecule has 4 heteroatoms. The third-order valence-electron chi connectivity index (χ3n) is 1.23. The summed E-state index contributed by atoms with van der Waals surface area (Å²) in [6, 6.07) is 4.33. The van der Waals surface area contributed by atoms with Crippen LogP contribution >= 0.6 is 27.5 Å². The lowest BCUT2D eigenvalue weighted by atomic mass is 10.3. The third kappa shape index (κ3) is 2.64. The molecule has 0 aliphatic rings. The lowest BCUT2D eigenvalue weighted by Crippen LogP contribution is -1.99. The Morgan fingerprint density at radius 1 is 1.50 bits per heavy atom. The Bertz CT molecular complexity index is 267. The minimum absolute atomic E-state index is 0.235. The lowest BCUT2D eigenvalue weighted by molar-refractivity contribution is 0.326. The van der Waals surface area contributed by atoms with Gasteiger partial charge < -0.3 is 4.74 Å². The van der Waals surface area contributed by atoms with Crippen LogP contribution in [0.4, 0.5) is 4.39 Å². The molecule has 0 atom stereocenters. The normalized spacial score (nSPS) is 9.92. The van der Waals surface area contributed by atoms with Crippen LogP contribution < -0.4 is 4.74 Å². The Kier molecular flexibility index (Phi) is 3.82. The van der Waals surface area contributed by atoms with Crippen LogP contribution in [0.2, 0.25) is 5.02 Å². The maximum Gasteiger partial charge on any atom is 0.166 e. The highest BCUT2D eigenvalue weighted by molar-refractivity contribution is 9.09. The first kappa shape index (κ1) is 9.81. The lowest BCUT2D eigenvalue weighted by Gasteiger charge is -2.04. The van der Waals surface area contributed by atoms with Crippen molar-refractivity contribution < 1.29 is 9.13 Å². The van der Waals surface area contributed by atoms with Gasteiger partial charge in [-0.25, -0.2) is 4.39 Å². The molecule has 66 valence electrons. The van der Waals surface area contributed by atoms with Crippen LogP contribution in [-0.2, 0) is 0 Å². The van der Waals surface area contributed by atoms with Crippen molar-refractivity contribution >= 4 is 27.5 Å². The molecule has 0 fully saturated rings. The smallest absolute Gasteiger partial charge is 0.166 e. The molecule has 0 aliphatic carbocycles. The zero-order valence-electron chi connectivity index (χ0n) is 6.19. The van der Waals surface area contributed by atoms with E-state index in [0.717, 1.165) is 0 Å². The fourth-order valence-electron chi connectivity index (χ4n) is 0.741. The van der Waals surface area contributed by atoms with Crippen LogP contribution in [0.15, 0.2) is 18.2 Å². The molecule has 0 bridgehead atoms. The van der Waals surface area contributed by atoms with Gasteiger partial charge in [0, 0.05) is 10.4 Å². The second kappa shape index (κ2) is 4.67. The van der Waals surface area contributed by atoms with Gasteiger partial charge in [-0.3, -0.25) is 0 Å². The molecular weight excluding hydrogens is 246 g/mol. The molecule has 0 saturated carbocycles. The molecule has 1 rings (SSSR count). The molecule has 0 radical (unpaired) electrons. The number of hydrogen-bond donors (Lipinski definition) is 0. The summed E-state index contributed by atoms with van der Waals surface area (Å²) in [5, 5.41) is 1.05. The number of ether oxygens (including phenoxy) is 1. The van der Waals surface area contributed by atoms with Gasteiger partial charge in [-0.2, -0.15) is 0 Å². The number of halogens is 3. The second-order valence-corrected chi connectivity index (χ2v) is 3.34. The molecule has 0 aliphatic heterocycles. The first-order valence-corrected chi connectivity index (χ1v) is 4.88. The van der Waals surface area contributed by atoms with Gasteiger partial charge >= 0.3 is 0 Å². The Morgan fingerprint density at radius 3 is 2.83 bits per heavy atom. The zero-order chi connectivity index (χ0) is 8.97. The molecule has 0 N–H and O–H groups in total. The Morgan fingerprint density at radius 2 is 2.25 bits per heavy atom. The Hall–Kier alpha value is -0.280. The molecule has 0 amide bonds. The predicted octanol–water partition coefficient (Wildman–Crippen LogP) is 3.25. The fraction of sp³-hybridized carbons (Fsp3) is 0.250. The summed E-state index contributed by atoms with van der Waals surface area (Å²) in [4.78, 5) is 0. The second-order valence-electron chi connectivity index (χ2n) is 2.11. The Labute approximate surface area is 83.6 Å². The van der Waals surface area contributed by atoms with Gasteiger partial charge in [-0.15, -0.1) is 0 Å². The van der Waals surface area contributed by atoms with E-state index in [9.17, 15) is 4.39 Å². The third-order valence-corrected chi connectivity index (χ3v) is 1.79. The summed E-state index contributed by atoms with van der Waals surface area (Å²) in [6.45, 7) is 0.443. The van der Waals surface area contributed by atoms with Crippen molar-refractivity contribution in [3.63, 3.8) is 0 Å². The molecule has 0 spiro atoms. The summed E-state index contributed by atoms with van der Waals surface area (Å²) >= 11 is 8.72. The largest absolute Gasteiger partial charge is 0.490 e. The number of hydrogen-bond acceptors (Lipinski definition) is 1. The van der Waals surface area contributed by atoms with Crippen LogP contribution in [-0.4, -0.2) is 11.9 Å². The average Bonchev–Trinajstić information content (AvgIpc) is 2.03. The monoisotopic (exact) mass is 252 g/mol. The minimum atomic E-state index is -0.427. The van der Waals surface area contributed by atoms with Crippen molar-refractivity contribution in [2.45, 2.75) is 0 Å². The molecular formula is C8H7BrClFO. The van der Waals surface area contributed by atoms with E-state index in [1.165, 1.54) is 12.1 Å². The van der Waals surface area contributed by atoms with Crippen LogP contribution in [0.25, 0.3) is 0 Å². The van der Waals surface area contributed by atoms with Crippen molar-refractivity contribution in [1.29, 1.82) is 0 Å². The number of benzene rings is 1. The summed E-state index contributed by atoms with van der Waals surface area (Å²) in [5.41, 5.74) is 0. The van der Waals surface area contributed by atoms with Gasteiger partial charge in [-0.1, -0.05) is 27.5 Å². The van der Waals surface area contributed by atoms with Crippen molar-refractivity contribution in [3.05, 3.63) is 29.0 Å². The van der Waals surface area contributed by atoms with E-state index in [1.807, 2.05) is 0 Å². The van der Waals surface area contributed by atoms with Gasteiger partial charge in [0.1, 0.15) is 0 Å². The first-order valence-electron chi connectivity index (χ1n) is 3.38. The zero-order valence-corrected chi connectivity index (χ0v) is 8.53. The molecule has 12 heavy (non-hydrogen) atoms. The quantitative estimate of drug-likeness (QED) is 0.751. The van der Waals surface area contributed by atoms with E-state index in [2.05, 4.69) is 15.9 Å². The van der Waals surface area contributed by atoms with Crippen molar-refractivity contribution in [2.75, 3.05) is 11.9 Å². The van der Waals surface area contributed by atoms with Crippen LogP contribution in [0, 0.1) is 5.82 Å². The highest BCUT2D eigenvalue weighted by atomic mass is 79.9. The number of rotatable bonds is 3. The van der Waals surface area contributed by atoms with Gasteiger partial charge in [0.25, 0.3) is 0 Å². The summed E-state index contributed by atoms with van der Waals surface area (Å²) in [5.74, 6) is -0.192. The fourth-order valence-corrected chi connectivity index (χ4v) is 1.06. The standard InChI is InChI=1S/C8H7BrClFO/c9-3-4-12-8-2-1-6(10)5-7(8)11/h1-2,5H,3-4H2. The van der Waals surface area contributed by atoms with E-state index in [4.69, 9.17) is 16.3 Å². The molecule has 1 nitrogen and oxygen atoms in total. The van der Waals surface area contributed by atoms with Crippen LogP contribution in [0.3, 0.4) is 0 Å². The van der Waals surface area contributed by atoms with Crippen molar-refractivity contribution in [2.24, 2.45) is 0 Å². The maximum atomic E-state index is 12.9. The van der Waals surface area contributed by atoms with Gasteiger partial charge in [0.05, 0.1) is 6.61 Å². The van der Waals surface area contributed by atoms with E-state index in [0.29, 0.717) is 17.0 Å². The first-order chi connectivity index (χ1) is 5.74. The van der Waals surface area contributed by atoms with Gasteiger partial charge in [0.15, 0.2) is 11.6 Å². The summed E-state index contributed by atoms with van der Waals surface area (Å²) in [7, 11) is 0. The average molecular weight is 253 g/mol. The highest BCUT2D eigenvalue weighted by Crippen LogP contribution is 2.20. The van der Waals surface area contributed by atoms with Gasteiger partial charge in [-0.05, 0) is 18.2 Å². The minimum Gasteiger partial charge on any atom is -0.490 e. The predicted molar refractivity (Wildman–Crippen MR) is 50.7 cm³/mol. The van der Waals surface area contributed by atoms with Crippen molar-refractivity contribution in [1.82, 2.24) is 0 Å². The topological polar surface area (TPSA) is 9.23 Å². The van der Waals surface area contributed by atoms with Crippen LogP contribution in [0.1, 0.15) is 0 Å². The molecule has 1 aromatic rings. The maximum absolute atomic E-state index is 12.9.